The third kappa shape index (κ3) is 2.51. The minimum absolute atomic E-state index is 0.0256. The van der Waals surface area contributed by atoms with Crippen molar-refractivity contribution in [1.82, 2.24) is 0 Å². The Bertz CT molecular complexity index is 458. The van der Waals surface area contributed by atoms with Gasteiger partial charge in [0.25, 0.3) is 0 Å². The summed E-state index contributed by atoms with van der Waals surface area (Å²) in [6.07, 6.45) is 2.24. The van der Waals surface area contributed by atoms with Crippen molar-refractivity contribution in [3.8, 4) is 0 Å². The first-order valence-corrected chi connectivity index (χ1v) is 6.90. The summed E-state index contributed by atoms with van der Waals surface area (Å²) in [5, 5.41) is 0. The fraction of sp³-hybridized carbons (Fsp3) is 0.385. The fourth-order valence-electron chi connectivity index (χ4n) is 2.04. The standard InChI is InChI=1S/C13H15NO3S/c1-17-13(16)9-7-12(15)14(8-9)10-3-5-11(18-2)6-4-10/h3-6,9H,7-8H2,1-2H3. The van der Waals surface area contributed by atoms with Gasteiger partial charge in [0, 0.05) is 23.5 Å². The van der Waals surface area contributed by atoms with Gasteiger partial charge in [-0.25, -0.2) is 0 Å². The van der Waals surface area contributed by atoms with E-state index < -0.39 is 0 Å². The summed E-state index contributed by atoms with van der Waals surface area (Å²) in [6, 6.07) is 7.75. The molecule has 1 aromatic carbocycles. The number of ether oxygens (including phenoxy) is 1. The van der Waals surface area contributed by atoms with Crippen LogP contribution in [0, 0.1) is 5.92 Å². The number of thioether (sulfide) groups is 1. The normalized spacial score (nSPS) is 19.1. The number of esters is 1. The van der Waals surface area contributed by atoms with Gasteiger partial charge in [-0.3, -0.25) is 9.59 Å². The molecule has 4 nitrogen and oxygen atoms in total. The van der Waals surface area contributed by atoms with Gasteiger partial charge >= 0.3 is 5.97 Å². The summed E-state index contributed by atoms with van der Waals surface area (Å²) in [6.45, 7) is 0.407. The van der Waals surface area contributed by atoms with Gasteiger partial charge in [0.1, 0.15) is 0 Å². The molecular formula is C13H15NO3S. The van der Waals surface area contributed by atoms with Crippen molar-refractivity contribution in [1.29, 1.82) is 0 Å². The van der Waals surface area contributed by atoms with Gasteiger partial charge in [0.05, 0.1) is 13.0 Å². The highest BCUT2D eigenvalue weighted by Crippen LogP contribution is 2.27. The highest BCUT2D eigenvalue weighted by molar-refractivity contribution is 7.98. The molecule has 18 heavy (non-hydrogen) atoms. The lowest BCUT2D eigenvalue weighted by molar-refractivity contribution is -0.145. The van der Waals surface area contributed by atoms with Crippen LogP contribution in [0.1, 0.15) is 6.42 Å². The summed E-state index contributed by atoms with van der Waals surface area (Å²) in [5.41, 5.74) is 0.837. The zero-order chi connectivity index (χ0) is 13.1. The highest BCUT2D eigenvalue weighted by Gasteiger charge is 2.35. The van der Waals surface area contributed by atoms with Crippen LogP contribution in [0.5, 0.6) is 0 Å². The van der Waals surface area contributed by atoms with Gasteiger partial charge in [-0.05, 0) is 30.5 Å². The van der Waals surface area contributed by atoms with E-state index in [0.717, 1.165) is 10.6 Å². The molecule has 0 aromatic heterocycles. The van der Waals surface area contributed by atoms with Crippen molar-refractivity contribution >= 4 is 29.3 Å². The summed E-state index contributed by atoms with van der Waals surface area (Å²) in [7, 11) is 1.35. The van der Waals surface area contributed by atoms with E-state index in [4.69, 9.17) is 0 Å². The lowest BCUT2D eigenvalue weighted by Gasteiger charge is -2.16. The van der Waals surface area contributed by atoms with Gasteiger partial charge in [-0.1, -0.05) is 0 Å². The maximum absolute atomic E-state index is 11.9. The molecule has 1 heterocycles. The Labute approximate surface area is 110 Å². The van der Waals surface area contributed by atoms with E-state index in [-0.39, 0.29) is 24.2 Å². The van der Waals surface area contributed by atoms with Crippen molar-refractivity contribution in [2.45, 2.75) is 11.3 Å². The molecule has 1 unspecified atom stereocenters. The van der Waals surface area contributed by atoms with Crippen molar-refractivity contribution in [3.05, 3.63) is 24.3 Å². The van der Waals surface area contributed by atoms with Crippen LogP contribution in [-0.4, -0.2) is 31.8 Å². The number of amides is 1. The van der Waals surface area contributed by atoms with Gasteiger partial charge in [-0.2, -0.15) is 0 Å². The Balaban J connectivity index is 2.13. The Morgan fingerprint density at radius 3 is 2.61 bits per heavy atom. The van der Waals surface area contributed by atoms with E-state index in [2.05, 4.69) is 4.74 Å². The highest BCUT2D eigenvalue weighted by atomic mass is 32.2. The number of nitrogens with zero attached hydrogens (tertiary/aromatic N) is 1. The van der Waals surface area contributed by atoms with Crippen LogP contribution in [0.3, 0.4) is 0 Å². The SMILES string of the molecule is COC(=O)C1CC(=O)N(c2ccc(SC)cc2)C1. The Kier molecular flexibility index (Phi) is 3.91. The van der Waals surface area contributed by atoms with Gasteiger partial charge in [0.15, 0.2) is 0 Å². The van der Waals surface area contributed by atoms with Crippen LogP contribution in [0.15, 0.2) is 29.2 Å². The molecule has 2 rings (SSSR count). The molecule has 96 valence electrons. The molecule has 1 atom stereocenters. The molecule has 1 saturated heterocycles. The van der Waals surface area contributed by atoms with E-state index in [9.17, 15) is 9.59 Å². The molecule has 0 radical (unpaired) electrons. The number of benzene rings is 1. The number of rotatable bonds is 3. The number of carbonyl (C=O) groups is 2. The first kappa shape index (κ1) is 13.0. The summed E-state index contributed by atoms with van der Waals surface area (Å²) < 4.78 is 4.68. The third-order valence-corrected chi connectivity index (χ3v) is 3.79. The van der Waals surface area contributed by atoms with Crippen molar-refractivity contribution in [3.63, 3.8) is 0 Å². The van der Waals surface area contributed by atoms with E-state index >= 15 is 0 Å². The monoisotopic (exact) mass is 265 g/mol. The number of anilines is 1. The molecule has 1 aromatic rings. The second kappa shape index (κ2) is 5.44. The number of methoxy groups -OCH3 is 1. The number of hydrogen-bond donors (Lipinski definition) is 0. The van der Waals surface area contributed by atoms with Crippen LogP contribution < -0.4 is 4.90 Å². The Morgan fingerprint density at radius 1 is 1.39 bits per heavy atom. The van der Waals surface area contributed by atoms with Crippen molar-refractivity contribution < 1.29 is 14.3 Å². The molecule has 0 saturated carbocycles. The maximum Gasteiger partial charge on any atom is 0.311 e. The predicted molar refractivity (Wildman–Crippen MR) is 70.7 cm³/mol. The molecule has 0 aliphatic carbocycles. The summed E-state index contributed by atoms with van der Waals surface area (Å²) in [5.74, 6) is -0.684. The van der Waals surface area contributed by atoms with Crippen LogP contribution in [0.4, 0.5) is 5.69 Å². The van der Waals surface area contributed by atoms with Gasteiger partial charge < -0.3 is 9.64 Å². The molecule has 1 fully saturated rings. The van der Waals surface area contributed by atoms with E-state index in [1.165, 1.54) is 7.11 Å². The van der Waals surface area contributed by atoms with Crippen molar-refractivity contribution in [2.75, 3.05) is 24.8 Å². The zero-order valence-electron chi connectivity index (χ0n) is 10.4. The molecule has 0 N–H and O–H groups in total. The molecule has 1 amide bonds. The van der Waals surface area contributed by atoms with E-state index in [1.54, 1.807) is 16.7 Å². The van der Waals surface area contributed by atoms with E-state index in [1.807, 2.05) is 30.5 Å². The second-order valence-electron chi connectivity index (χ2n) is 4.13. The van der Waals surface area contributed by atoms with Crippen LogP contribution in [0.2, 0.25) is 0 Å². The van der Waals surface area contributed by atoms with Crippen molar-refractivity contribution in [2.24, 2.45) is 5.92 Å². The first-order chi connectivity index (χ1) is 8.65. The molecule has 0 bridgehead atoms. The fourth-order valence-corrected chi connectivity index (χ4v) is 2.45. The minimum atomic E-state index is -0.345. The predicted octanol–water partition coefficient (Wildman–Crippen LogP) is 1.93. The van der Waals surface area contributed by atoms with Crippen LogP contribution >= 0.6 is 11.8 Å². The Hall–Kier alpha value is -1.49. The zero-order valence-corrected chi connectivity index (χ0v) is 11.2. The first-order valence-electron chi connectivity index (χ1n) is 5.68. The lowest BCUT2D eigenvalue weighted by Crippen LogP contribution is -2.26. The number of carbonyl (C=O) groups excluding carboxylic acids is 2. The van der Waals surface area contributed by atoms with E-state index in [0.29, 0.717) is 6.54 Å². The molecule has 0 spiro atoms. The average molecular weight is 265 g/mol. The lowest BCUT2D eigenvalue weighted by atomic mass is 10.1. The summed E-state index contributed by atoms with van der Waals surface area (Å²) in [4.78, 5) is 26.1. The molecule has 5 heteroatoms. The van der Waals surface area contributed by atoms with Crippen LogP contribution in [0.25, 0.3) is 0 Å². The third-order valence-electron chi connectivity index (χ3n) is 3.04. The van der Waals surface area contributed by atoms with Crippen LogP contribution in [-0.2, 0) is 14.3 Å². The number of hydrogen-bond acceptors (Lipinski definition) is 4. The molecule has 1 aliphatic heterocycles. The quantitative estimate of drug-likeness (QED) is 0.619. The van der Waals surface area contributed by atoms with Gasteiger partial charge in [0.2, 0.25) is 5.91 Å². The van der Waals surface area contributed by atoms with Gasteiger partial charge in [-0.15, -0.1) is 11.8 Å². The smallest absolute Gasteiger partial charge is 0.311 e. The molecular weight excluding hydrogens is 250 g/mol. The molecule has 1 aliphatic rings. The summed E-state index contributed by atoms with van der Waals surface area (Å²) >= 11 is 1.65. The second-order valence-corrected chi connectivity index (χ2v) is 5.01. The topological polar surface area (TPSA) is 46.6 Å². The minimum Gasteiger partial charge on any atom is -0.469 e. The Morgan fingerprint density at radius 2 is 2.06 bits per heavy atom. The maximum atomic E-state index is 11.9. The average Bonchev–Trinajstić information content (AvgIpc) is 2.80. The largest absolute Gasteiger partial charge is 0.469 e.